The third kappa shape index (κ3) is 46.0. The molecular formula is C49H93O9P. The summed E-state index contributed by atoms with van der Waals surface area (Å²) in [6.07, 6.45) is 51.0. The van der Waals surface area contributed by atoms with Gasteiger partial charge >= 0.3 is 13.8 Å². The molecule has 0 bridgehead atoms. The van der Waals surface area contributed by atoms with Crippen LogP contribution in [0.15, 0.2) is 36.5 Å². The second kappa shape index (κ2) is 46.2. The Balaban J connectivity index is 4.10. The van der Waals surface area contributed by atoms with E-state index < -0.39 is 33.2 Å². The third-order valence-electron chi connectivity index (χ3n) is 10.5. The first-order valence-electron chi connectivity index (χ1n) is 24.5. The van der Waals surface area contributed by atoms with Gasteiger partial charge in [-0.1, -0.05) is 185 Å². The highest BCUT2D eigenvalue weighted by Gasteiger charge is 2.26. The summed E-state index contributed by atoms with van der Waals surface area (Å²) in [5, 5.41) is 18.4. The number of phosphoric ester groups is 1. The fraction of sp³-hybridized carbons (Fsp3) is 0.857. The van der Waals surface area contributed by atoms with E-state index >= 15 is 0 Å². The van der Waals surface area contributed by atoms with E-state index in [0.29, 0.717) is 6.61 Å². The molecule has 0 aromatic carbocycles. The lowest BCUT2D eigenvalue weighted by Gasteiger charge is -2.20. The van der Waals surface area contributed by atoms with Crippen molar-refractivity contribution in [2.75, 3.05) is 33.0 Å². The standard InChI is InChI=1S/C49H93O9P/c1-3-5-7-9-11-13-15-17-19-21-23-24-26-28-30-32-34-36-38-40-42-55-45-48(46-57-59(53,54)56-44-47(51)43-50)58-49(52)41-39-37-35-33-31-29-27-25-22-20-18-16-14-12-10-8-6-4-2/h11,13,17,19-20,22,47-48,50-51H,3-10,12,14-16,18,21,23-46H2,1-2H3,(H,53,54)/b13-11-,19-17-,22-20-. The van der Waals surface area contributed by atoms with Crippen molar-refractivity contribution >= 4 is 13.8 Å². The first-order chi connectivity index (χ1) is 28.8. The number of unbranched alkanes of at least 4 members (excludes halogenated alkanes) is 27. The summed E-state index contributed by atoms with van der Waals surface area (Å²) in [6.45, 7) is 3.51. The van der Waals surface area contributed by atoms with Gasteiger partial charge in [-0.3, -0.25) is 13.8 Å². The average Bonchev–Trinajstić information content (AvgIpc) is 3.23. The van der Waals surface area contributed by atoms with Gasteiger partial charge in [0.2, 0.25) is 0 Å². The predicted octanol–water partition coefficient (Wildman–Crippen LogP) is 14.0. The zero-order valence-corrected chi connectivity index (χ0v) is 39.1. The summed E-state index contributed by atoms with van der Waals surface area (Å²) >= 11 is 0. The second-order valence-corrected chi connectivity index (χ2v) is 17.9. The van der Waals surface area contributed by atoms with Crippen LogP contribution in [0.1, 0.15) is 226 Å². The molecule has 0 aromatic rings. The van der Waals surface area contributed by atoms with Crippen LogP contribution in [0.3, 0.4) is 0 Å². The molecule has 0 aromatic heterocycles. The molecule has 0 amide bonds. The van der Waals surface area contributed by atoms with Crippen LogP contribution in [0.5, 0.6) is 0 Å². The van der Waals surface area contributed by atoms with Crippen LogP contribution in [0.4, 0.5) is 0 Å². The molecule has 0 aliphatic rings. The van der Waals surface area contributed by atoms with Gasteiger partial charge in [0.05, 0.1) is 26.4 Å². The minimum atomic E-state index is -4.52. The van der Waals surface area contributed by atoms with Gasteiger partial charge in [0.1, 0.15) is 12.2 Å². The van der Waals surface area contributed by atoms with Crippen LogP contribution in [0.2, 0.25) is 0 Å². The normalized spacial score (nSPS) is 14.2. The number of rotatable bonds is 47. The smallest absolute Gasteiger partial charge is 0.457 e. The van der Waals surface area contributed by atoms with Gasteiger partial charge in [-0.25, -0.2) is 4.57 Å². The Morgan fingerprint density at radius 1 is 0.525 bits per heavy atom. The molecule has 10 heteroatoms. The Labute approximate surface area is 363 Å². The Morgan fingerprint density at radius 3 is 1.41 bits per heavy atom. The van der Waals surface area contributed by atoms with Crippen molar-refractivity contribution < 1.29 is 43.0 Å². The molecule has 3 N–H and O–H groups in total. The highest BCUT2D eigenvalue weighted by Crippen LogP contribution is 2.43. The quantitative estimate of drug-likeness (QED) is 0.0237. The molecule has 3 unspecified atom stereocenters. The van der Waals surface area contributed by atoms with Crippen molar-refractivity contribution in [2.45, 2.75) is 238 Å². The number of hydrogen-bond donors (Lipinski definition) is 3. The van der Waals surface area contributed by atoms with Crippen LogP contribution >= 0.6 is 7.82 Å². The van der Waals surface area contributed by atoms with E-state index in [1.807, 2.05) is 0 Å². The first-order valence-corrected chi connectivity index (χ1v) is 26.0. The molecule has 0 aliphatic carbocycles. The van der Waals surface area contributed by atoms with E-state index in [4.69, 9.17) is 23.6 Å². The Hall–Kier alpha value is -1.32. The number of carbonyl (C=O) groups is 1. The van der Waals surface area contributed by atoms with E-state index in [2.05, 4.69) is 50.3 Å². The Morgan fingerprint density at radius 2 is 0.915 bits per heavy atom. The number of phosphoric acid groups is 1. The highest BCUT2D eigenvalue weighted by molar-refractivity contribution is 7.47. The second-order valence-electron chi connectivity index (χ2n) is 16.5. The molecule has 0 aliphatic heterocycles. The number of ether oxygens (including phenoxy) is 2. The van der Waals surface area contributed by atoms with Crippen molar-refractivity contribution in [3.05, 3.63) is 36.5 Å². The lowest BCUT2D eigenvalue weighted by atomic mass is 10.1. The first kappa shape index (κ1) is 57.7. The average molecular weight is 857 g/mol. The van der Waals surface area contributed by atoms with Crippen molar-refractivity contribution in [3.8, 4) is 0 Å². The fourth-order valence-corrected chi connectivity index (χ4v) is 7.58. The molecule has 0 radical (unpaired) electrons. The van der Waals surface area contributed by atoms with Crippen LogP contribution in [-0.4, -0.2) is 66.3 Å². The monoisotopic (exact) mass is 857 g/mol. The van der Waals surface area contributed by atoms with Crippen molar-refractivity contribution in [3.63, 3.8) is 0 Å². The zero-order valence-electron chi connectivity index (χ0n) is 38.2. The van der Waals surface area contributed by atoms with E-state index in [9.17, 15) is 19.4 Å². The number of esters is 1. The van der Waals surface area contributed by atoms with Crippen molar-refractivity contribution in [2.24, 2.45) is 0 Å². The van der Waals surface area contributed by atoms with Gasteiger partial charge in [0.25, 0.3) is 0 Å². The molecule has 0 saturated carbocycles. The number of allylic oxidation sites excluding steroid dienone is 6. The maximum atomic E-state index is 12.7. The van der Waals surface area contributed by atoms with Gasteiger partial charge in [-0.05, 0) is 70.6 Å². The fourth-order valence-electron chi connectivity index (χ4n) is 6.79. The SMILES string of the molecule is CCCCC/C=C\C/C=C\CCCCCCCCCCCCOCC(COP(=O)(O)OCC(O)CO)OC(=O)CCCCCCCCC/C=C\CCCCCCCCC. The molecular weight excluding hydrogens is 764 g/mol. The molecule has 0 spiro atoms. The zero-order chi connectivity index (χ0) is 43.2. The third-order valence-corrected chi connectivity index (χ3v) is 11.5. The predicted molar refractivity (Wildman–Crippen MR) is 247 cm³/mol. The maximum Gasteiger partial charge on any atom is 0.472 e. The summed E-state index contributed by atoms with van der Waals surface area (Å²) in [5.74, 6) is -0.386. The Kier molecular flexibility index (Phi) is 45.2. The summed E-state index contributed by atoms with van der Waals surface area (Å²) in [7, 11) is -4.52. The van der Waals surface area contributed by atoms with E-state index in [1.165, 1.54) is 148 Å². The minimum absolute atomic E-state index is 0.0469. The topological polar surface area (TPSA) is 132 Å². The highest BCUT2D eigenvalue weighted by atomic mass is 31.2. The largest absolute Gasteiger partial charge is 0.472 e. The van der Waals surface area contributed by atoms with Crippen molar-refractivity contribution in [1.29, 1.82) is 0 Å². The van der Waals surface area contributed by atoms with Gasteiger partial charge in [-0.2, -0.15) is 0 Å². The van der Waals surface area contributed by atoms with Gasteiger partial charge in [0.15, 0.2) is 0 Å². The summed E-state index contributed by atoms with van der Waals surface area (Å²) in [5.41, 5.74) is 0. The van der Waals surface area contributed by atoms with E-state index in [-0.39, 0.29) is 25.6 Å². The number of carbonyl (C=O) groups excluding carboxylic acids is 1. The summed E-state index contributed by atoms with van der Waals surface area (Å²) in [6, 6.07) is 0. The number of aliphatic hydroxyl groups excluding tert-OH is 2. The molecule has 59 heavy (non-hydrogen) atoms. The lowest BCUT2D eigenvalue weighted by Crippen LogP contribution is -2.29. The van der Waals surface area contributed by atoms with Gasteiger partial charge in [0, 0.05) is 13.0 Å². The minimum Gasteiger partial charge on any atom is -0.457 e. The van der Waals surface area contributed by atoms with E-state index in [1.54, 1.807) is 0 Å². The molecule has 0 fully saturated rings. The maximum absolute atomic E-state index is 12.7. The molecule has 3 atom stereocenters. The molecule has 0 saturated heterocycles. The van der Waals surface area contributed by atoms with Crippen LogP contribution in [0, 0.1) is 0 Å². The number of aliphatic hydroxyl groups is 2. The van der Waals surface area contributed by atoms with Gasteiger partial charge < -0.3 is 24.6 Å². The van der Waals surface area contributed by atoms with Crippen LogP contribution in [-0.2, 0) is 27.9 Å². The van der Waals surface area contributed by atoms with Crippen LogP contribution in [0.25, 0.3) is 0 Å². The van der Waals surface area contributed by atoms with Crippen LogP contribution < -0.4 is 0 Å². The summed E-state index contributed by atoms with van der Waals surface area (Å²) in [4.78, 5) is 22.7. The molecule has 0 heterocycles. The molecule has 348 valence electrons. The molecule has 9 nitrogen and oxygen atoms in total. The lowest BCUT2D eigenvalue weighted by molar-refractivity contribution is -0.154. The number of hydrogen-bond acceptors (Lipinski definition) is 8. The summed E-state index contributed by atoms with van der Waals surface area (Å²) < 4.78 is 33.5. The van der Waals surface area contributed by atoms with Crippen molar-refractivity contribution in [1.82, 2.24) is 0 Å². The molecule has 0 rings (SSSR count). The van der Waals surface area contributed by atoms with E-state index in [0.717, 1.165) is 57.8 Å². The van der Waals surface area contributed by atoms with Gasteiger partial charge in [-0.15, -0.1) is 0 Å². The Bertz CT molecular complexity index is 1020.